The number of rotatable bonds is 3. The second kappa shape index (κ2) is 6.18. The first kappa shape index (κ1) is 18.7. The molecule has 1 saturated heterocycles. The molecule has 2 aromatic rings. The van der Waals surface area contributed by atoms with E-state index in [4.69, 9.17) is 4.74 Å². The maximum Gasteiger partial charge on any atom is 0.410 e. The van der Waals surface area contributed by atoms with Crippen LogP contribution in [0.4, 0.5) is 4.79 Å². The molecule has 8 nitrogen and oxygen atoms in total. The first-order valence-corrected chi connectivity index (χ1v) is 9.64. The highest BCUT2D eigenvalue weighted by Gasteiger charge is 2.61. The lowest BCUT2D eigenvalue weighted by atomic mass is 10.0. The Kier molecular flexibility index (Phi) is 4.13. The van der Waals surface area contributed by atoms with Crippen LogP contribution in [0.15, 0.2) is 24.8 Å². The van der Waals surface area contributed by atoms with Gasteiger partial charge in [0.05, 0.1) is 17.3 Å². The predicted molar refractivity (Wildman–Crippen MR) is 102 cm³/mol. The van der Waals surface area contributed by atoms with Crippen LogP contribution in [0.5, 0.6) is 0 Å². The van der Waals surface area contributed by atoms with Gasteiger partial charge in [-0.05, 0) is 52.5 Å². The Morgan fingerprint density at radius 1 is 1.18 bits per heavy atom. The molecule has 0 unspecified atom stereocenters. The first-order chi connectivity index (χ1) is 13.1. The number of carbonyl (C=O) groups excluding carboxylic acids is 2. The van der Waals surface area contributed by atoms with E-state index in [1.807, 2.05) is 45.1 Å². The largest absolute Gasteiger partial charge is 0.444 e. The Hall–Kier alpha value is -2.64. The van der Waals surface area contributed by atoms with Crippen LogP contribution in [0.2, 0.25) is 0 Å². The van der Waals surface area contributed by atoms with Gasteiger partial charge in [-0.2, -0.15) is 0 Å². The lowest BCUT2D eigenvalue weighted by molar-refractivity contribution is -0.125. The summed E-state index contributed by atoms with van der Waals surface area (Å²) >= 11 is 0. The predicted octanol–water partition coefficient (Wildman–Crippen LogP) is 2.19. The van der Waals surface area contributed by atoms with Gasteiger partial charge >= 0.3 is 6.09 Å². The zero-order valence-electron chi connectivity index (χ0n) is 17.0. The van der Waals surface area contributed by atoms with Crippen LogP contribution in [-0.4, -0.2) is 50.0 Å². The Bertz CT molecular complexity index is 917. The normalized spacial score (nSPS) is 24.2. The van der Waals surface area contributed by atoms with Gasteiger partial charge < -0.3 is 15.0 Å². The Morgan fingerprint density at radius 2 is 1.86 bits per heavy atom. The van der Waals surface area contributed by atoms with Gasteiger partial charge in [-0.3, -0.25) is 9.20 Å². The molecule has 28 heavy (non-hydrogen) atoms. The smallest absolute Gasteiger partial charge is 0.410 e. The number of fused-ring (bicyclic) bond motifs is 2. The molecule has 1 aliphatic heterocycles. The van der Waals surface area contributed by atoms with E-state index in [1.165, 1.54) is 0 Å². The summed E-state index contributed by atoms with van der Waals surface area (Å²) in [6, 6.07) is 1.88. The summed E-state index contributed by atoms with van der Waals surface area (Å²) in [5.74, 6) is 1.13. The van der Waals surface area contributed by atoms with E-state index in [1.54, 1.807) is 23.6 Å². The summed E-state index contributed by atoms with van der Waals surface area (Å²) in [5, 5.41) is 3.14. The number of hydrogen-bond donors (Lipinski definition) is 1. The average molecular weight is 385 g/mol. The number of aromatic nitrogens is 3. The molecule has 2 aromatic heterocycles. The van der Waals surface area contributed by atoms with Crippen LogP contribution in [0, 0.1) is 17.8 Å². The molecule has 4 rings (SSSR count). The maximum atomic E-state index is 12.9. The van der Waals surface area contributed by atoms with Crippen molar-refractivity contribution in [3.05, 3.63) is 30.6 Å². The molecule has 0 aromatic carbocycles. The van der Waals surface area contributed by atoms with Crippen LogP contribution in [0.25, 0.3) is 5.52 Å². The van der Waals surface area contributed by atoms with Gasteiger partial charge in [-0.25, -0.2) is 14.8 Å². The number of piperidine rings is 1. The SMILES string of the molecule is CC(C)(C)OC(=O)N1C[C@@H]2[C@H](C1)[C@H]2C(=O)NC(C)(C)c1ncc2ccncn12. The summed E-state index contributed by atoms with van der Waals surface area (Å²) in [7, 11) is 0. The van der Waals surface area contributed by atoms with E-state index in [-0.39, 0.29) is 29.8 Å². The molecule has 0 bridgehead atoms. The van der Waals surface area contributed by atoms with Gasteiger partial charge in [0, 0.05) is 25.2 Å². The fourth-order valence-corrected chi connectivity index (χ4v) is 4.14. The lowest BCUT2D eigenvalue weighted by Gasteiger charge is -2.27. The van der Waals surface area contributed by atoms with Crippen molar-refractivity contribution < 1.29 is 14.3 Å². The highest BCUT2D eigenvalue weighted by molar-refractivity contribution is 5.84. The quantitative estimate of drug-likeness (QED) is 0.875. The minimum absolute atomic E-state index is 0.0180. The number of ether oxygens (including phenoxy) is 1. The third kappa shape index (κ3) is 3.31. The Balaban J connectivity index is 1.38. The Morgan fingerprint density at radius 3 is 2.50 bits per heavy atom. The number of amides is 2. The highest BCUT2D eigenvalue weighted by Crippen LogP contribution is 2.52. The topological polar surface area (TPSA) is 88.8 Å². The van der Waals surface area contributed by atoms with Crippen LogP contribution < -0.4 is 5.32 Å². The molecule has 2 aliphatic rings. The van der Waals surface area contributed by atoms with Gasteiger partial charge in [-0.15, -0.1) is 0 Å². The molecular formula is C20H27N5O3. The van der Waals surface area contributed by atoms with Crippen LogP contribution in [0.3, 0.4) is 0 Å². The minimum Gasteiger partial charge on any atom is -0.444 e. The van der Waals surface area contributed by atoms with Crippen molar-refractivity contribution in [3.8, 4) is 0 Å². The monoisotopic (exact) mass is 385 g/mol. The highest BCUT2D eigenvalue weighted by atomic mass is 16.6. The van der Waals surface area contributed by atoms with Gasteiger partial charge in [-0.1, -0.05) is 0 Å². The van der Waals surface area contributed by atoms with E-state index in [9.17, 15) is 9.59 Å². The molecule has 0 radical (unpaired) electrons. The van der Waals surface area contributed by atoms with Crippen molar-refractivity contribution >= 4 is 17.5 Å². The second-order valence-electron chi connectivity index (χ2n) is 9.31. The van der Waals surface area contributed by atoms with Crippen molar-refractivity contribution in [2.45, 2.75) is 45.8 Å². The fourth-order valence-electron chi connectivity index (χ4n) is 4.14. The van der Waals surface area contributed by atoms with Crippen molar-refractivity contribution in [2.75, 3.05) is 13.1 Å². The molecule has 3 heterocycles. The van der Waals surface area contributed by atoms with Gasteiger partial charge in [0.25, 0.3) is 0 Å². The summed E-state index contributed by atoms with van der Waals surface area (Å²) in [5.41, 5.74) is -0.204. The molecule has 1 aliphatic carbocycles. The first-order valence-electron chi connectivity index (χ1n) is 9.64. The van der Waals surface area contributed by atoms with Crippen molar-refractivity contribution in [1.29, 1.82) is 0 Å². The second-order valence-corrected chi connectivity index (χ2v) is 9.31. The summed E-state index contributed by atoms with van der Waals surface area (Å²) in [6.45, 7) is 10.6. The third-order valence-electron chi connectivity index (χ3n) is 5.48. The van der Waals surface area contributed by atoms with E-state index in [2.05, 4.69) is 15.3 Å². The van der Waals surface area contributed by atoms with Crippen molar-refractivity contribution in [3.63, 3.8) is 0 Å². The summed E-state index contributed by atoms with van der Waals surface area (Å²) < 4.78 is 7.31. The summed E-state index contributed by atoms with van der Waals surface area (Å²) in [6.07, 6.45) is 4.90. The standard InChI is InChI=1S/C20H27N5O3/c1-19(2,3)28-18(27)24-9-13-14(10-24)15(13)16(26)23-20(4,5)17-22-8-12-6-7-21-11-25(12)17/h6-8,11,13-15H,9-10H2,1-5H3,(H,23,26)/t13-,14+,15+. The van der Waals surface area contributed by atoms with Gasteiger partial charge in [0.1, 0.15) is 17.8 Å². The zero-order chi connectivity index (χ0) is 20.3. The van der Waals surface area contributed by atoms with E-state index < -0.39 is 11.1 Å². The molecule has 150 valence electrons. The van der Waals surface area contributed by atoms with Gasteiger partial charge in [0.2, 0.25) is 5.91 Å². The molecule has 3 atom stereocenters. The van der Waals surface area contributed by atoms with Crippen molar-refractivity contribution in [1.82, 2.24) is 24.6 Å². The number of likely N-dealkylation sites (tertiary alicyclic amines) is 1. The van der Waals surface area contributed by atoms with Crippen LogP contribution >= 0.6 is 0 Å². The molecule has 0 spiro atoms. The van der Waals surface area contributed by atoms with Gasteiger partial charge in [0.15, 0.2) is 0 Å². The van der Waals surface area contributed by atoms with E-state index in [0.29, 0.717) is 13.1 Å². The fraction of sp³-hybridized carbons (Fsp3) is 0.600. The molecule has 2 amide bonds. The number of hydrogen-bond acceptors (Lipinski definition) is 5. The average Bonchev–Trinajstić information content (AvgIpc) is 2.96. The number of nitrogens with one attached hydrogen (secondary N) is 1. The third-order valence-corrected chi connectivity index (χ3v) is 5.48. The maximum absolute atomic E-state index is 12.9. The van der Waals surface area contributed by atoms with Crippen LogP contribution in [0.1, 0.15) is 40.4 Å². The lowest BCUT2D eigenvalue weighted by Crippen LogP contribution is -2.45. The molecule has 8 heteroatoms. The number of imidazole rings is 1. The zero-order valence-corrected chi connectivity index (χ0v) is 17.0. The minimum atomic E-state index is -0.631. The van der Waals surface area contributed by atoms with Crippen molar-refractivity contribution in [2.24, 2.45) is 17.8 Å². The molecule has 1 N–H and O–H groups in total. The number of nitrogens with zero attached hydrogens (tertiary/aromatic N) is 4. The van der Waals surface area contributed by atoms with Crippen LogP contribution in [-0.2, 0) is 15.1 Å². The van der Waals surface area contributed by atoms with E-state index >= 15 is 0 Å². The molecular weight excluding hydrogens is 358 g/mol. The summed E-state index contributed by atoms with van der Waals surface area (Å²) in [4.78, 5) is 35.4. The number of carbonyl (C=O) groups is 2. The Labute approximate surface area is 164 Å². The van der Waals surface area contributed by atoms with E-state index in [0.717, 1.165) is 11.3 Å². The molecule has 1 saturated carbocycles. The molecule has 2 fully saturated rings.